The van der Waals surface area contributed by atoms with Crippen molar-refractivity contribution in [2.75, 3.05) is 4.90 Å². The van der Waals surface area contributed by atoms with Crippen molar-refractivity contribution in [3.05, 3.63) is 30.3 Å². The lowest BCUT2D eigenvalue weighted by Crippen LogP contribution is -2.36. The third-order valence-electron chi connectivity index (χ3n) is 4.15. The maximum absolute atomic E-state index is 12.2. The molecule has 2 fully saturated rings. The van der Waals surface area contributed by atoms with Gasteiger partial charge >= 0.3 is 0 Å². The van der Waals surface area contributed by atoms with Crippen molar-refractivity contribution in [1.82, 2.24) is 0 Å². The van der Waals surface area contributed by atoms with E-state index in [2.05, 4.69) is 0 Å². The summed E-state index contributed by atoms with van der Waals surface area (Å²) in [5.74, 6) is 0.0278. The summed E-state index contributed by atoms with van der Waals surface area (Å²) in [4.78, 5) is 25.6. The van der Waals surface area contributed by atoms with Gasteiger partial charge < -0.3 is 0 Å². The molecule has 1 saturated carbocycles. The summed E-state index contributed by atoms with van der Waals surface area (Å²) in [5, 5.41) is 0. The second-order valence-corrected chi connectivity index (χ2v) is 4.86. The van der Waals surface area contributed by atoms with Gasteiger partial charge in [-0.25, -0.2) is 4.90 Å². The number of nitrogens with zero attached hydrogens (tertiary/aromatic N) is 1. The van der Waals surface area contributed by atoms with Crippen LogP contribution in [0.4, 0.5) is 5.69 Å². The lowest BCUT2D eigenvalue weighted by molar-refractivity contribution is -0.125. The van der Waals surface area contributed by atoms with Crippen molar-refractivity contribution in [3.8, 4) is 0 Å². The molecular formula is C13H13NO2. The fourth-order valence-corrected chi connectivity index (χ4v) is 2.83. The Hall–Kier alpha value is -1.64. The molecule has 3 heteroatoms. The van der Waals surface area contributed by atoms with Crippen LogP contribution in [0, 0.1) is 17.3 Å². The van der Waals surface area contributed by atoms with Crippen molar-refractivity contribution in [1.29, 1.82) is 0 Å². The first-order valence-corrected chi connectivity index (χ1v) is 5.52. The predicted molar refractivity (Wildman–Crippen MR) is 59.7 cm³/mol. The van der Waals surface area contributed by atoms with E-state index in [0.717, 1.165) is 0 Å². The molecule has 82 valence electrons. The standard InChI is InChI=1S/C13H13NO2/c1-8-10-11(15)14(12(16)13(8,10)2)9-6-4-3-5-7-9/h3-8,10H,1-2H3. The molecule has 1 aromatic rings. The number of benzene rings is 1. The molecule has 1 aromatic carbocycles. The minimum Gasteiger partial charge on any atom is -0.274 e. The third-order valence-corrected chi connectivity index (χ3v) is 4.15. The zero-order chi connectivity index (χ0) is 11.5. The van der Waals surface area contributed by atoms with Crippen LogP contribution >= 0.6 is 0 Å². The Labute approximate surface area is 94.1 Å². The number of imide groups is 1. The van der Waals surface area contributed by atoms with Gasteiger partial charge in [-0.15, -0.1) is 0 Å². The number of hydrogen-bond donors (Lipinski definition) is 0. The van der Waals surface area contributed by atoms with E-state index in [0.29, 0.717) is 5.69 Å². The summed E-state index contributed by atoms with van der Waals surface area (Å²) in [6.07, 6.45) is 0. The minimum absolute atomic E-state index is 0.0359. The maximum Gasteiger partial charge on any atom is 0.240 e. The normalized spacial score (nSPS) is 36.5. The average Bonchev–Trinajstić information content (AvgIpc) is 2.76. The molecule has 0 aromatic heterocycles. The summed E-state index contributed by atoms with van der Waals surface area (Å²) < 4.78 is 0. The highest BCUT2D eigenvalue weighted by Crippen LogP contribution is 2.64. The molecule has 2 amide bonds. The van der Waals surface area contributed by atoms with Gasteiger partial charge in [0.05, 0.1) is 17.0 Å². The van der Waals surface area contributed by atoms with Gasteiger partial charge in [0.1, 0.15) is 0 Å². The van der Waals surface area contributed by atoms with Gasteiger partial charge in [0.2, 0.25) is 11.8 Å². The second-order valence-electron chi connectivity index (χ2n) is 4.86. The molecule has 3 nitrogen and oxygen atoms in total. The SMILES string of the molecule is CC1C2C(=O)N(c3ccccc3)C(=O)C12C. The molecule has 3 rings (SSSR count). The van der Waals surface area contributed by atoms with Gasteiger partial charge in [-0.1, -0.05) is 25.1 Å². The fraction of sp³-hybridized carbons (Fsp3) is 0.385. The Kier molecular flexibility index (Phi) is 1.63. The van der Waals surface area contributed by atoms with Crippen LogP contribution in [-0.2, 0) is 9.59 Å². The van der Waals surface area contributed by atoms with E-state index in [4.69, 9.17) is 0 Å². The predicted octanol–water partition coefficient (Wildman–Crippen LogP) is 1.83. The number of carbonyl (C=O) groups excluding carboxylic acids is 2. The number of amides is 2. The summed E-state index contributed by atoms with van der Waals surface area (Å²) in [6.45, 7) is 3.87. The zero-order valence-corrected chi connectivity index (χ0v) is 9.31. The molecule has 2 aliphatic rings. The van der Waals surface area contributed by atoms with Crippen molar-refractivity contribution < 1.29 is 9.59 Å². The Morgan fingerprint density at radius 1 is 1.19 bits per heavy atom. The Morgan fingerprint density at radius 2 is 1.81 bits per heavy atom. The van der Waals surface area contributed by atoms with E-state index in [-0.39, 0.29) is 23.7 Å². The van der Waals surface area contributed by atoms with Gasteiger partial charge in [0, 0.05) is 0 Å². The molecule has 3 atom stereocenters. The average molecular weight is 215 g/mol. The molecule has 1 heterocycles. The van der Waals surface area contributed by atoms with E-state index in [1.165, 1.54) is 4.90 Å². The summed E-state index contributed by atoms with van der Waals surface area (Å²) in [6, 6.07) is 9.15. The molecule has 1 aliphatic heterocycles. The van der Waals surface area contributed by atoms with Gasteiger partial charge in [-0.05, 0) is 25.0 Å². The van der Waals surface area contributed by atoms with Gasteiger partial charge in [-0.2, -0.15) is 0 Å². The van der Waals surface area contributed by atoms with E-state index >= 15 is 0 Å². The summed E-state index contributed by atoms with van der Waals surface area (Å²) >= 11 is 0. The van der Waals surface area contributed by atoms with Crippen LogP contribution < -0.4 is 4.90 Å². The summed E-state index contributed by atoms with van der Waals surface area (Å²) in [5.41, 5.74) is 0.255. The fourth-order valence-electron chi connectivity index (χ4n) is 2.83. The number of carbonyl (C=O) groups is 2. The molecular weight excluding hydrogens is 202 g/mol. The largest absolute Gasteiger partial charge is 0.274 e. The molecule has 16 heavy (non-hydrogen) atoms. The topological polar surface area (TPSA) is 37.4 Å². The monoisotopic (exact) mass is 215 g/mol. The van der Waals surface area contributed by atoms with Crippen LogP contribution in [0.15, 0.2) is 30.3 Å². The number of para-hydroxylation sites is 1. The Morgan fingerprint density at radius 3 is 2.31 bits per heavy atom. The first kappa shape index (κ1) is 9.58. The number of hydrogen-bond acceptors (Lipinski definition) is 2. The molecule has 0 bridgehead atoms. The van der Waals surface area contributed by atoms with Crippen LogP contribution in [0.3, 0.4) is 0 Å². The van der Waals surface area contributed by atoms with Crippen LogP contribution in [-0.4, -0.2) is 11.8 Å². The number of fused-ring (bicyclic) bond motifs is 1. The quantitative estimate of drug-likeness (QED) is 0.670. The maximum atomic E-state index is 12.2. The molecule has 1 aliphatic carbocycles. The van der Waals surface area contributed by atoms with Gasteiger partial charge in [0.25, 0.3) is 0 Å². The van der Waals surface area contributed by atoms with Crippen molar-refractivity contribution in [2.24, 2.45) is 17.3 Å². The van der Waals surface area contributed by atoms with Crippen molar-refractivity contribution in [2.45, 2.75) is 13.8 Å². The van der Waals surface area contributed by atoms with E-state index in [9.17, 15) is 9.59 Å². The second kappa shape index (κ2) is 2.73. The minimum atomic E-state index is -0.438. The van der Waals surface area contributed by atoms with Gasteiger partial charge in [0.15, 0.2) is 0 Å². The van der Waals surface area contributed by atoms with Crippen LogP contribution in [0.1, 0.15) is 13.8 Å². The zero-order valence-electron chi connectivity index (χ0n) is 9.31. The first-order chi connectivity index (χ1) is 7.58. The Bertz CT molecular complexity index is 482. The lowest BCUT2D eigenvalue weighted by atomic mass is 10.1. The highest BCUT2D eigenvalue weighted by Gasteiger charge is 2.74. The van der Waals surface area contributed by atoms with Crippen molar-refractivity contribution >= 4 is 17.5 Å². The number of rotatable bonds is 1. The van der Waals surface area contributed by atoms with Crippen LogP contribution in [0.25, 0.3) is 0 Å². The lowest BCUT2D eigenvalue weighted by Gasteiger charge is -2.19. The third kappa shape index (κ3) is 0.889. The molecule has 0 N–H and O–H groups in total. The smallest absolute Gasteiger partial charge is 0.240 e. The number of piperidine rings is 1. The Balaban J connectivity index is 2.02. The summed E-state index contributed by atoms with van der Waals surface area (Å²) in [7, 11) is 0. The number of anilines is 1. The van der Waals surface area contributed by atoms with Crippen molar-refractivity contribution in [3.63, 3.8) is 0 Å². The molecule has 1 saturated heterocycles. The van der Waals surface area contributed by atoms with E-state index < -0.39 is 5.41 Å². The first-order valence-electron chi connectivity index (χ1n) is 5.52. The molecule has 3 unspecified atom stereocenters. The molecule has 0 radical (unpaired) electrons. The van der Waals surface area contributed by atoms with E-state index in [1.807, 2.05) is 32.0 Å². The highest BCUT2D eigenvalue weighted by atomic mass is 16.2. The molecule has 0 spiro atoms. The van der Waals surface area contributed by atoms with Crippen LogP contribution in [0.2, 0.25) is 0 Å². The van der Waals surface area contributed by atoms with E-state index in [1.54, 1.807) is 12.1 Å². The van der Waals surface area contributed by atoms with Gasteiger partial charge in [-0.3, -0.25) is 9.59 Å². The van der Waals surface area contributed by atoms with Crippen LogP contribution in [0.5, 0.6) is 0 Å². The highest BCUT2D eigenvalue weighted by molar-refractivity contribution is 6.26.